The zero-order chi connectivity index (χ0) is 42.5. The SMILES string of the molecule is CCCCC1C2=N/C(=C(/c3ccccc3)c3[n-]c(c(CC)c3CC)C(CCCC)c3[n-]c(c(CC)c3CC)/C(c3ccccc3)=C3\N=C1C(CC)=C3CC)C(CC)=C2CC.[Ni+2]. The van der Waals surface area contributed by atoms with Crippen molar-refractivity contribution in [1.29, 1.82) is 0 Å². The summed E-state index contributed by atoms with van der Waals surface area (Å²) in [6.45, 7) is 23.3. The van der Waals surface area contributed by atoms with Gasteiger partial charge in [0.1, 0.15) is 0 Å². The minimum absolute atomic E-state index is 0. The molecule has 0 radical (unpaired) electrons. The van der Waals surface area contributed by atoms with Crippen LogP contribution in [0.25, 0.3) is 11.1 Å². The first kappa shape index (κ1) is 46.3. The number of nitrogens with zero attached hydrogens (tertiary/aromatic N) is 4. The first-order valence-corrected chi connectivity index (χ1v) is 24.0. The molecule has 5 heterocycles. The van der Waals surface area contributed by atoms with Crippen molar-refractivity contribution in [3.8, 4) is 0 Å². The Morgan fingerprint density at radius 1 is 0.426 bits per heavy atom. The minimum atomic E-state index is 0. The minimum Gasteiger partial charge on any atom is -0.660 e. The Morgan fingerprint density at radius 2 is 0.787 bits per heavy atom. The molecule has 0 unspecified atom stereocenters. The average molecular weight is 858 g/mol. The van der Waals surface area contributed by atoms with E-state index in [-0.39, 0.29) is 28.3 Å². The summed E-state index contributed by atoms with van der Waals surface area (Å²) in [7, 11) is 0. The normalized spacial score (nSPS) is 20.1. The number of hydrogen-bond acceptors (Lipinski definition) is 2. The second kappa shape index (κ2) is 20.8. The molecule has 0 N–H and O–H groups in total. The fraction of sp³-hybridized carbons (Fsp3) is 0.464. The zero-order valence-electron chi connectivity index (χ0n) is 38.9. The molecular formula is C56H70N4Ni. The van der Waals surface area contributed by atoms with E-state index in [1.165, 1.54) is 89.6 Å². The van der Waals surface area contributed by atoms with Crippen molar-refractivity contribution in [1.82, 2.24) is 9.97 Å². The third-order valence-corrected chi connectivity index (χ3v) is 13.7. The van der Waals surface area contributed by atoms with Crippen molar-refractivity contribution in [2.75, 3.05) is 0 Å². The summed E-state index contributed by atoms with van der Waals surface area (Å²) in [6, 6.07) is 22.2. The fourth-order valence-electron chi connectivity index (χ4n) is 10.9. The zero-order valence-corrected chi connectivity index (χ0v) is 39.9. The van der Waals surface area contributed by atoms with Crippen molar-refractivity contribution in [3.05, 3.63) is 151 Å². The van der Waals surface area contributed by atoms with E-state index >= 15 is 0 Å². The Hall–Kier alpha value is -4.21. The average Bonchev–Trinajstić information content (AvgIpc) is 4.05. The predicted octanol–water partition coefficient (Wildman–Crippen LogP) is 14.7. The van der Waals surface area contributed by atoms with Gasteiger partial charge in [-0.15, -0.1) is 11.4 Å². The third kappa shape index (κ3) is 8.26. The summed E-state index contributed by atoms with van der Waals surface area (Å²) in [6.07, 6.45) is 14.0. The maximum atomic E-state index is 5.98. The van der Waals surface area contributed by atoms with Gasteiger partial charge in [-0.3, -0.25) is 9.98 Å². The largest absolute Gasteiger partial charge is 2.00 e. The molecule has 8 bridgehead atoms. The van der Waals surface area contributed by atoms with Crippen LogP contribution < -0.4 is 9.97 Å². The Balaban J connectivity index is 0.00000622. The molecule has 0 saturated carbocycles. The van der Waals surface area contributed by atoms with Gasteiger partial charge in [0.25, 0.3) is 0 Å². The summed E-state index contributed by atoms with van der Waals surface area (Å²) in [4.78, 5) is 23.9. The number of rotatable bonds is 16. The number of fused-ring (bicyclic) bond motifs is 6. The molecule has 324 valence electrons. The van der Waals surface area contributed by atoms with Crippen LogP contribution in [0.1, 0.15) is 196 Å². The van der Waals surface area contributed by atoms with E-state index in [9.17, 15) is 0 Å². The molecule has 0 saturated heterocycles. The number of aliphatic imine (C=N–C) groups is 2. The summed E-state index contributed by atoms with van der Waals surface area (Å²) in [5.74, 6) is 0.182. The maximum Gasteiger partial charge on any atom is 2.00 e. The van der Waals surface area contributed by atoms with Crippen LogP contribution in [0, 0.1) is 5.92 Å². The van der Waals surface area contributed by atoms with Gasteiger partial charge in [-0.1, -0.05) is 178 Å². The van der Waals surface area contributed by atoms with Gasteiger partial charge < -0.3 is 9.97 Å². The van der Waals surface area contributed by atoms with Crippen LogP contribution in [0.4, 0.5) is 0 Å². The van der Waals surface area contributed by atoms with Gasteiger partial charge in [0.15, 0.2) is 0 Å². The van der Waals surface area contributed by atoms with Crippen molar-refractivity contribution in [3.63, 3.8) is 0 Å². The van der Waals surface area contributed by atoms with E-state index in [4.69, 9.17) is 20.0 Å². The first-order chi connectivity index (χ1) is 29.4. The van der Waals surface area contributed by atoms with E-state index in [2.05, 4.69) is 130 Å². The van der Waals surface area contributed by atoms with Gasteiger partial charge >= 0.3 is 16.5 Å². The van der Waals surface area contributed by atoms with Gasteiger partial charge in [0.05, 0.1) is 22.8 Å². The topological polar surface area (TPSA) is 52.9 Å². The molecule has 61 heavy (non-hydrogen) atoms. The number of hydrogen-bond donors (Lipinski definition) is 0. The molecule has 0 amide bonds. The van der Waals surface area contributed by atoms with Crippen LogP contribution >= 0.6 is 0 Å². The number of benzene rings is 2. The van der Waals surface area contributed by atoms with Crippen LogP contribution in [0.15, 0.2) is 104 Å². The van der Waals surface area contributed by atoms with Crippen LogP contribution in [0.3, 0.4) is 0 Å². The van der Waals surface area contributed by atoms with E-state index < -0.39 is 0 Å². The van der Waals surface area contributed by atoms with Gasteiger partial charge in [0.2, 0.25) is 0 Å². The van der Waals surface area contributed by atoms with E-state index in [1.807, 2.05) is 0 Å². The van der Waals surface area contributed by atoms with Gasteiger partial charge in [-0.05, 0) is 115 Å². The van der Waals surface area contributed by atoms with Crippen LogP contribution in [0.2, 0.25) is 0 Å². The van der Waals surface area contributed by atoms with Crippen molar-refractivity contribution in [2.24, 2.45) is 15.9 Å². The Morgan fingerprint density at radius 3 is 1.11 bits per heavy atom. The quantitative estimate of drug-likeness (QED) is 0.105. The second-order valence-corrected chi connectivity index (χ2v) is 16.9. The van der Waals surface area contributed by atoms with Crippen molar-refractivity contribution < 1.29 is 16.5 Å². The van der Waals surface area contributed by atoms with E-state index in [0.29, 0.717) is 0 Å². The molecule has 4 nitrogen and oxygen atoms in total. The van der Waals surface area contributed by atoms with E-state index in [0.717, 1.165) is 113 Å². The predicted molar refractivity (Wildman–Crippen MR) is 256 cm³/mol. The molecule has 0 spiro atoms. The molecule has 0 fully saturated rings. The number of unbranched alkanes of at least 4 members (excludes halogenated alkanes) is 2. The molecule has 3 aliphatic rings. The molecule has 5 heteroatoms. The summed E-state index contributed by atoms with van der Waals surface area (Å²) >= 11 is 0. The van der Waals surface area contributed by atoms with Crippen molar-refractivity contribution in [2.45, 2.75) is 165 Å². The standard InChI is InChI=1S/C56H70N4.Ni/c1-11-21-33-45-49-37(13-3)41(17-7)53(57-49)47(35-29-25-23-26-30-35)55-43(19-9)39(15-5)51(59-55)46(34-22-12-2)52-40(16-6)44(20-10)56(60-52)48(36-31-27-24-28-32-36)54-42(18-8)38(14-4)50(45)58-54;/h23-32,45-46H,11-22,33-34H2,1-10H3;/q-2;+2/b53-47-,54-48-;. The van der Waals surface area contributed by atoms with Crippen LogP contribution in [0.5, 0.6) is 0 Å². The first-order valence-electron chi connectivity index (χ1n) is 24.0. The maximum absolute atomic E-state index is 5.98. The number of allylic oxidation sites excluding steroid dienone is 4. The summed E-state index contributed by atoms with van der Waals surface area (Å²) in [5.41, 5.74) is 25.4. The van der Waals surface area contributed by atoms with Gasteiger partial charge in [-0.25, -0.2) is 0 Å². The van der Waals surface area contributed by atoms with Gasteiger partial charge in [-0.2, -0.15) is 11.4 Å². The summed E-state index contributed by atoms with van der Waals surface area (Å²) < 4.78 is 0. The third-order valence-electron chi connectivity index (χ3n) is 13.7. The number of aromatic nitrogens is 2. The van der Waals surface area contributed by atoms with Crippen molar-refractivity contribution >= 4 is 22.6 Å². The van der Waals surface area contributed by atoms with E-state index in [1.54, 1.807) is 0 Å². The van der Waals surface area contributed by atoms with Crippen LogP contribution in [-0.2, 0) is 42.2 Å². The molecule has 2 aromatic heterocycles. The molecular weight excluding hydrogens is 787 g/mol. The Kier molecular flexibility index (Phi) is 15.8. The Bertz CT molecular complexity index is 2210. The molecule has 3 aliphatic heterocycles. The molecule has 7 rings (SSSR count). The molecule has 0 aliphatic carbocycles. The fourth-order valence-corrected chi connectivity index (χ4v) is 10.9. The van der Waals surface area contributed by atoms with Crippen LogP contribution in [-0.4, -0.2) is 11.4 Å². The molecule has 2 aromatic carbocycles. The second-order valence-electron chi connectivity index (χ2n) is 16.9. The smallest absolute Gasteiger partial charge is 0.660 e. The van der Waals surface area contributed by atoms with Gasteiger partial charge in [0, 0.05) is 5.92 Å². The Labute approximate surface area is 378 Å². The molecule has 4 aromatic rings. The summed E-state index contributed by atoms with van der Waals surface area (Å²) in [5, 5.41) is 0. The molecule has 0 atom stereocenters. The monoisotopic (exact) mass is 856 g/mol.